The van der Waals surface area contributed by atoms with Crippen LogP contribution in [0.4, 0.5) is 11.6 Å². The van der Waals surface area contributed by atoms with Gasteiger partial charge in [0.2, 0.25) is 5.95 Å². The topological polar surface area (TPSA) is 99.5 Å². The van der Waals surface area contributed by atoms with Crippen molar-refractivity contribution in [1.82, 2.24) is 14.8 Å². The molecule has 0 saturated heterocycles. The van der Waals surface area contributed by atoms with E-state index in [1.54, 1.807) is 38.1 Å². The number of hydrogen-bond donors (Lipinski definition) is 2. The normalized spacial score (nSPS) is 14.4. The molecule has 9 nitrogen and oxygen atoms in total. The molecule has 3 aromatic carbocycles. The van der Waals surface area contributed by atoms with Crippen LogP contribution in [0.3, 0.4) is 0 Å². The van der Waals surface area contributed by atoms with Gasteiger partial charge in [-0.3, -0.25) is 4.79 Å². The second-order valence-corrected chi connectivity index (χ2v) is 8.43. The fourth-order valence-corrected chi connectivity index (χ4v) is 4.36. The zero-order chi connectivity index (χ0) is 25.9. The Morgan fingerprint density at radius 2 is 1.68 bits per heavy atom. The van der Waals surface area contributed by atoms with Crippen LogP contribution in [-0.4, -0.2) is 42.0 Å². The summed E-state index contributed by atoms with van der Waals surface area (Å²) in [4.78, 5) is 18.5. The minimum absolute atomic E-state index is 0.283. The average Bonchev–Trinajstić information content (AvgIpc) is 3.36. The second-order valence-electron chi connectivity index (χ2n) is 8.43. The van der Waals surface area contributed by atoms with Gasteiger partial charge >= 0.3 is 0 Å². The molecule has 2 heterocycles. The number of carbonyl (C=O) groups is 1. The monoisotopic (exact) mass is 497 g/mol. The SMILES string of the molecule is COc1ccc(-c2nc3n(n2)C(c2cccc(OC)c2)C(C(=O)Nc2ccccc2OC)=C(C)N3)cc1. The van der Waals surface area contributed by atoms with E-state index in [1.165, 1.54) is 0 Å². The highest BCUT2D eigenvalue weighted by Gasteiger charge is 2.35. The van der Waals surface area contributed by atoms with Crippen molar-refractivity contribution in [3.05, 3.63) is 89.6 Å². The molecule has 37 heavy (non-hydrogen) atoms. The van der Waals surface area contributed by atoms with Crippen molar-refractivity contribution < 1.29 is 19.0 Å². The van der Waals surface area contributed by atoms with Gasteiger partial charge in [-0.1, -0.05) is 24.3 Å². The van der Waals surface area contributed by atoms with Crippen molar-refractivity contribution in [2.75, 3.05) is 32.0 Å². The molecule has 0 saturated carbocycles. The van der Waals surface area contributed by atoms with Crippen molar-refractivity contribution in [3.8, 4) is 28.6 Å². The maximum absolute atomic E-state index is 13.8. The maximum Gasteiger partial charge on any atom is 0.255 e. The summed E-state index contributed by atoms with van der Waals surface area (Å²) in [7, 11) is 4.80. The summed E-state index contributed by atoms with van der Waals surface area (Å²) in [5, 5.41) is 11.1. The fourth-order valence-electron chi connectivity index (χ4n) is 4.36. The molecule has 1 atom stereocenters. The van der Waals surface area contributed by atoms with E-state index in [0.29, 0.717) is 40.2 Å². The molecular weight excluding hydrogens is 470 g/mol. The first-order valence-electron chi connectivity index (χ1n) is 11.7. The van der Waals surface area contributed by atoms with Crippen LogP contribution in [0.15, 0.2) is 84.1 Å². The Morgan fingerprint density at radius 1 is 0.919 bits per heavy atom. The molecule has 0 spiro atoms. The molecule has 9 heteroatoms. The first kappa shape index (κ1) is 23.9. The van der Waals surface area contributed by atoms with Gasteiger partial charge in [-0.2, -0.15) is 4.98 Å². The number of para-hydroxylation sites is 2. The number of hydrogen-bond acceptors (Lipinski definition) is 7. The third-order valence-corrected chi connectivity index (χ3v) is 6.21. The standard InChI is InChI=1S/C28H27N5O4/c1-17-24(27(34)30-22-10-5-6-11-23(22)37-4)25(19-8-7-9-21(16-19)36-3)33-28(29-17)31-26(32-33)18-12-14-20(35-2)15-13-18/h5-16,25H,1-4H3,(H,30,34)(H,29,31,32). The van der Waals surface area contributed by atoms with Crippen molar-refractivity contribution in [2.24, 2.45) is 0 Å². The minimum Gasteiger partial charge on any atom is -0.497 e. The quantitative estimate of drug-likeness (QED) is 0.375. The van der Waals surface area contributed by atoms with Gasteiger partial charge in [-0.05, 0) is 61.0 Å². The van der Waals surface area contributed by atoms with Gasteiger partial charge in [0, 0.05) is 11.3 Å². The molecule has 188 valence electrons. The van der Waals surface area contributed by atoms with Crippen LogP contribution < -0.4 is 24.8 Å². The van der Waals surface area contributed by atoms with Gasteiger partial charge < -0.3 is 24.8 Å². The van der Waals surface area contributed by atoms with Crippen molar-refractivity contribution in [3.63, 3.8) is 0 Å². The highest BCUT2D eigenvalue weighted by atomic mass is 16.5. The molecule has 2 N–H and O–H groups in total. The number of nitrogens with one attached hydrogen (secondary N) is 2. The van der Waals surface area contributed by atoms with Crippen LogP contribution in [0.1, 0.15) is 18.5 Å². The number of rotatable bonds is 7. The summed E-state index contributed by atoms with van der Waals surface area (Å²) in [5.74, 6) is 2.76. The average molecular weight is 498 g/mol. The molecule has 0 aliphatic carbocycles. The smallest absolute Gasteiger partial charge is 0.255 e. The maximum atomic E-state index is 13.8. The van der Waals surface area contributed by atoms with E-state index < -0.39 is 6.04 Å². The van der Waals surface area contributed by atoms with E-state index in [2.05, 4.69) is 10.6 Å². The lowest BCUT2D eigenvalue weighted by Gasteiger charge is -2.29. The molecule has 1 aliphatic heterocycles. The second kappa shape index (κ2) is 10.1. The summed E-state index contributed by atoms with van der Waals surface area (Å²) in [5.41, 5.74) is 3.40. The first-order valence-corrected chi connectivity index (χ1v) is 11.7. The van der Waals surface area contributed by atoms with Crippen LogP contribution >= 0.6 is 0 Å². The zero-order valence-corrected chi connectivity index (χ0v) is 21.0. The lowest BCUT2D eigenvalue weighted by atomic mass is 9.95. The number of ether oxygens (including phenoxy) is 3. The largest absolute Gasteiger partial charge is 0.497 e. The predicted octanol–water partition coefficient (Wildman–Crippen LogP) is 4.90. The van der Waals surface area contributed by atoms with Crippen LogP contribution in [0.2, 0.25) is 0 Å². The Morgan fingerprint density at radius 3 is 2.41 bits per heavy atom. The lowest BCUT2D eigenvalue weighted by Crippen LogP contribution is -2.31. The molecule has 0 fully saturated rings. The number of methoxy groups -OCH3 is 3. The predicted molar refractivity (Wildman–Crippen MR) is 141 cm³/mol. The summed E-state index contributed by atoms with van der Waals surface area (Å²) < 4.78 is 17.9. The van der Waals surface area contributed by atoms with Crippen molar-refractivity contribution in [1.29, 1.82) is 0 Å². The Hall–Kier alpha value is -4.79. The molecule has 0 bridgehead atoms. The third-order valence-electron chi connectivity index (χ3n) is 6.21. The summed E-state index contributed by atoms with van der Waals surface area (Å²) in [6.45, 7) is 1.86. The number of anilines is 2. The molecule has 5 rings (SSSR count). The lowest BCUT2D eigenvalue weighted by molar-refractivity contribution is -0.113. The molecule has 1 unspecified atom stereocenters. The highest BCUT2D eigenvalue weighted by molar-refractivity contribution is 6.06. The Bertz CT molecular complexity index is 1480. The number of aromatic nitrogens is 3. The molecular formula is C28H27N5O4. The van der Waals surface area contributed by atoms with Crippen LogP contribution in [0.5, 0.6) is 17.2 Å². The highest BCUT2D eigenvalue weighted by Crippen LogP contribution is 2.38. The minimum atomic E-state index is -0.555. The van der Waals surface area contributed by atoms with Gasteiger partial charge in [-0.15, -0.1) is 5.10 Å². The van der Waals surface area contributed by atoms with Crippen molar-refractivity contribution >= 4 is 17.5 Å². The zero-order valence-electron chi connectivity index (χ0n) is 21.0. The van der Waals surface area contributed by atoms with E-state index in [-0.39, 0.29) is 5.91 Å². The number of nitrogens with zero attached hydrogens (tertiary/aromatic N) is 3. The van der Waals surface area contributed by atoms with E-state index in [1.807, 2.05) is 67.6 Å². The third kappa shape index (κ3) is 4.58. The van der Waals surface area contributed by atoms with Gasteiger partial charge in [-0.25, -0.2) is 4.68 Å². The number of carbonyl (C=O) groups excluding carboxylic acids is 1. The molecule has 1 aliphatic rings. The van der Waals surface area contributed by atoms with Gasteiger partial charge in [0.15, 0.2) is 5.82 Å². The summed E-state index contributed by atoms with van der Waals surface area (Å²) >= 11 is 0. The number of amides is 1. The van der Waals surface area contributed by atoms with Gasteiger partial charge in [0.25, 0.3) is 5.91 Å². The Balaban J connectivity index is 1.60. The molecule has 4 aromatic rings. The number of allylic oxidation sites excluding steroid dienone is 1. The van der Waals surface area contributed by atoms with E-state index in [0.717, 1.165) is 16.9 Å². The van der Waals surface area contributed by atoms with E-state index >= 15 is 0 Å². The van der Waals surface area contributed by atoms with Crippen molar-refractivity contribution in [2.45, 2.75) is 13.0 Å². The first-order chi connectivity index (χ1) is 18.0. The summed E-state index contributed by atoms with van der Waals surface area (Å²) in [6, 6.07) is 21.8. The Kier molecular flexibility index (Phi) is 6.51. The molecule has 0 radical (unpaired) electrons. The van der Waals surface area contributed by atoms with Crippen LogP contribution in [0.25, 0.3) is 11.4 Å². The van der Waals surface area contributed by atoms with Crippen LogP contribution in [-0.2, 0) is 4.79 Å². The van der Waals surface area contributed by atoms with Gasteiger partial charge in [0.1, 0.15) is 23.3 Å². The number of benzene rings is 3. The van der Waals surface area contributed by atoms with E-state index in [4.69, 9.17) is 24.3 Å². The fraction of sp³-hybridized carbons (Fsp3) is 0.179. The van der Waals surface area contributed by atoms with Gasteiger partial charge in [0.05, 0.1) is 32.6 Å². The Labute approximate surface area is 214 Å². The van der Waals surface area contributed by atoms with E-state index in [9.17, 15) is 4.79 Å². The summed E-state index contributed by atoms with van der Waals surface area (Å²) in [6.07, 6.45) is 0. The molecule has 1 amide bonds. The number of fused-ring (bicyclic) bond motifs is 1. The van der Waals surface area contributed by atoms with Crippen LogP contribution in [0, 0.1) is 0 Å². The molecule has 1 aromatic heterocycles.